The third kappa shape index (κ3) is 4.99. The van der Waals surface area contributed by atoms with Gasteiger partial charge in [-0.05, 0) is 72.6 Å². The molecule has 0 fully saturated rings. The van der Waals surface area contributed by atoms with Gasteiger partial charge in [0, 0.05) is 9.75 Å². The van der Waals surface area contributed by atoms with E-state index in [9.17, 15) is 8.78 Å². The van der Waals surface area contributed by atoms with E-state index in [0.29, 0.717) is 16.8 Å². The molecule has 0 N–H and O–H groups in total. The van der Waals surface area contributed by atoms with Gasteiger partial charge in [-0.2, -0.15) is 4.99 Å². The van der Waals surface area contributed by atoms with Gasteiger partial charge in [-0.15, -0.1) is 11.3 Å². The highest BCUT2D eigenvalue weighted by Crippen LogP contribution is 2.35. The second-order valence-corrected chi connectivity index (χ2v) is 7.99. The zero-order valence-electron chi connectivity index (χ0n) is 15.7. The molecule has 0 aliphatic heterocycles. The maximum absolute atomic E-state index is 14.7. The summed E-state index contributed by atoms with van der Waals surface area (Å²) in [5.74, 6) is -1.14. The molecule has 0 saturated carbocycles. The van der Waals surface area contributed by atoms with Crippen LogP contribution in [0.3, 0.4) is 0 Å². The highest BCUT2D eigenvalue weighted by molar-refractivity contribution is 7.78. The van der Waals surface area contributed by atoms with E-state index in [-0.39, 0.29) is 5.56 Å². The summed E-state index contributed by atoms with van der Waals surface area (Å²) in [4.78, 5) is 6.00. The van der Waals surface area contributed by atoms with Crippen molar-refractivity contribution in [3.8, 4) is 21.6 Å². The fourth-order valence-electron chi connectivity index (χ4n) is 3.14. The normalized spacial score (nSPS) is 10.7. The summed E-state index contributed by atoms with van der Waals surface area (Å²) in [6.07, 6.45) is 5.84. The van der Waals surface area contributed by atoms with Gasteiger partial charge < -0.3 is 0 Å². The number of aryl methyl sites for hydroxylation is 1. The third-order valence-electron chi connectivity index (χ3n) is 4.60. The molecule has 0 spiro atoms. The van der Waals surface area contributed by atoms with Crippen molar-refractivity contribution in [3.05, 3.63) is 65.0 Å². The maximum Gasteiger partial charge on any atom is 0.134 e. The molecule has 1 nitrogen and oxygen atoms in total. The molecule has 0 radical (unpaired) electrons. The monoisotopic (exact) mass is 413 g/mol. The molecule has 0 aliphatic rings. The van der Waals surface area contributed by atoms with Crippen LogP contribution in [0.15, 0.2) is 53.5 Å². The van der Waals surface area contributed by atoms with Crippen molar-refractivity contribution >= 4 is 34.4 Å². The number of thiophene rings is 1. The number of benzene rings is 2. The van der Waals surface area contributed by atoms with Gasteiger partial charge in [0.25, 0.3) is 0 Å². The number of nitrogens with zero attached hydrogens (tertiary/aromatic N) is 1. The standard InChI is InChI=1S/C23H21F2NS2/c1-2-3-4-5-6-19-11-12-22(28-19)17-13-20(24)23(21(25)14-17)16-7-9-18(10-8-16)26-15-27/h7-14H,2-6H2,1H3. The van der Waals surface area contributed by atoms with Gasteiger partial charge in [-0.3, -0.25) is 0 Å². The molecule has 0 aliphatic carbocycles. The number of isothiocyanates is 1. The topological polar surface area (TPSA) is 12.4 Å². The first kappa shape index (κ1) is 20.5. The molecule has 2 aromatic carbocycles. The van der Waals surface area contributed by atoms with Crippen LogP contribution in [0.2, 0.25) is 0 Å². The Hall–Kier alpha value is -2.20. The summed E-state index contributed by atoms with van der Waals surface area (Å²) < 4.78 is 29.5. The molecule has 0 saturated heterocycles. The zero-order chi connectivity index (χ0) is 19.9. The van der Waals surface area contributed by atoms with Gasteiger partial charge in [0.05, 0.1) is 16.4 Å². The van der Waals surface area contributed by atoms with Crippen molar-refractivity contribution in [2.45, 2.75) is 39.0 Å². The Kier molecular flexibility index (Phi) is 7.21. The Morgan fingerprint density at radius 1 is 0.929 bits per heavy atom. The minimum atomic E-state index is -0.570. The lowest BCUT2D eigenvalue weighted by Crippen LogP contribution is -1.91. The van der Waals surface area contributed by atoms with Crippen LogP contribution < -0.4 is 0 Å². The molecule has 5 heteroatoms. The number of hydrogen-bond donors (Lipinski definition) is 0. The lowest BCUT2D eigenvalue weighted by Gasteiger charge is -2.08. The summed E-state index contributed by atoms with van der Waals surface area (Å²) >= 11 is 6.17. The highest BCUT2D eigenvalue weighted by atomic mass is 32.1. The zero-order valence-corrected chi connectivity index (χ0v) is 17.3. The number of thiocarbonyl (C=S) groups is 1. The highest BCUT2D eigenvalue weighted by Gasteiger charge is 2.15. The summed E-state index contributed by atoms with van der Waals surface area (Å²) in [5.41, 5.74) is 1.61. The van der Waals surface area contributed by atoms with Crippen molar-refractivity contribution in [2.24, 2.45) is 4.99 Å². The minimum absolute atomic E-state index is 0.0297. The van der Waals surface area contributed by atoms with E-state index in [4.69, 9.17) is 0 Å². The van der Waals surface area contributed by atoms with E-state index in [1.54, 1.807) is 35.6 Å². The minimum Gasteiger partial charge on any atom is -0.206 e. The summed E-state index contributed by atoms with van der Waals surface area (Å²) in [6.45, 7) is 2.19. The molecule has 1 heterocycles. The number of rotatable bonds is 8. The first-order valence-corrected chi connectivity index (χ1v) is 10.6. The molecular weight excluding hydrogens is 392 g/mol. The largest absolute Gasteiger partial charge is 0.206 e. The predicted octanol–water partition coefficient (Wildman–Crippen LogP) is 8.22. The predicted molar refractivity (Wildman–Crippen MR) is 118 cm³/mol. The van der Waals surface area contributed by atoms with Crippen LogP contribution in [-0.4, -0.2) is 5.16 Å². The van der Waals surface area contributed by atoms with Crippen LogP contribution in [-0.2, 0) is 6.42 Å². The van der Waals surface area contributed by atoms with Crippen LogP contribution in [0, 0.1) is 11.6 Å². The van der Waals surface area contributed by atoms with E-state index in [0.717, 1.165) is 17.7 Å². The van der Waals surface area contributed by atoms with Crippen LogP contribution in [0.25, 0.3) is 21.6 Å². The van der Waals surface area contributed by atoms with Crippen molar-refractivity contribution in [1.82, 2.24) is 0 Å². The molecule has 0 bridgehead atoms. The van der Waals surface area contributed by atoms with Crippen LogP contribution in [0.5, 0.6) is 0 Å². The Bertz CT molecular complexity index is 963. The van der Waals surface area contributed by atoms with Crippen molar-refractivity contribution < 1.29 is 8.78 Å². The molecule has 0 amide bonds. The van der Waals surface area contributed by atoms with Crippen LogP contribution in [0.4, 0.5) is 14.5 Å². The van der Waals surface area contributed by atoms with Gasteiger partial charge >= 0.3 is 0 Å². The van der Waals surface area contributed by atoms with E-state index in [1.165, 1.54) is 36.3 Å². The third-order valence-corrected chi connectivity index (χ3v) is 5.88. The second kappa shape index (κ2) is 9.83. The Morgan fingerprint density at radius 3 is 2.29 bits per heavy atom. The lowest BCUT2D eigenvalue weighted by atomic mass is 10.0. The van der Waals surface area contributed by atoms with Crippen molar-refractivity contribution in [2.75, 3.05) is 0 Å². The first-order valence-electron chi connectivity index (χ1n) is 9.38. The molecule has 3 aromatic rings. The van der Waals surface area contributed by atoms with Gasteiger partial charge in [0.15, 0.2) is 0 Å². The van der Waals surface area contributed by atoms with Gasteiger partial charge in [0.1, 0.15) is 11.6 Å². The average molecular weight is 414 g/mol. The van der Waals surface area contributed by atoms with Crippen LogP contribution >= 0.6 is 23.6 Å². The Morgan fingerprint density at radius 2 is 1.64 bits per heavy atom. The van der Waals surface area contributed by atoms with E-state index in [2.05, 4.69) is 35.4 Å². The molecule has 3 rings (SSSR count). The SMILES string of the molecule is CCCCCCc1ccc(-c2cc(F)c(-c3ccc(N=C=S)cc3)c(F)c2)s1. The molecular formula is C23H21F2NS2. The Labute approximate surface area is 173 Å². The van der Waals surface area contributed by atoms with Gasteiger partial charge in [0.2, 0.25) is 0 Å². The van der Waals surface area contributed by atoms with Crippen molar-refractivity contribution in [3.63, 3.8) is 0 Å². The lowest BCUT2D eigenvalue weighted by molar-refractivity contribution is 0.590. The smallest absolute Gasteiger partial charge is 0.134 e. The summed E-state index contributed by atoms with van der Waals surface area (Å²) in [7, 11) is 0. The molecule has 144 valence electrons. The van der Waals surface area contributed by atoms with E-state index < -0.39 is 11.6 Å². The number of aliphatic imine (C=N–C) groups is 1. The first-order chi connectivity index (χ1) is 13.6. The van der Waals surface area contributed by atoms with Gasteiger partial charge in [-0.25, -0.2) is 8.78 Å². The van der Waals surface area contributed by atoms with E-state index in [1.807, 2.05) is 6.07 Å². The number of hydrogen-bond acceptors (Lipinski definition) is 3. The number of unbranched alkanes of at least 4 members (excludes halogenated alkanes) is 3. The Balaban J connectivity index is 1.82. The quantitative estimate of drug-likeness (QED) is 0.206. The molecule has 0 unspecified atom stereocenters. The van der Waals surface area contributed by atoms with Gasteiger partial charge in [-0.1, -0.05) is 38.3 Å². The van der Waals surface area contributed by atoms with Crippen molar-refractivity contribution in [1.29, 1.82) is 0 Å². The van der Waals surface area contributed by atoms with Crippen LogP contribution in [0.1, 0.15) is 37.5 Å². The fraction of sp³-hybridized carbons (Fsp3) is 0.261. The second-order valence-electron chi connectivity index (χ2n) is 6.64. The summed E-state index contributed by atoms with van der Waals surface area (Å²) in [6, 6.07) is 13.4. The summed E-state index contributed by atoms with van der Waals surface area (Å²) in [5, 5.41) is 2.27. The molecule has 1 aromatic heterocycles. The van der Waals surface area contributed by atoms with E-state index >= 15 is 0 Å². The average Bonchev–Trinajstić information content (AvgIpc) is 3.15. The number of halogens is 2. The molecule has 0 atom stereocenters. The fourth-order valence-corrected chi connectivity index (χ4v) is 4.28. The molecule has 28 heavy (non-hydrogen) atoms. The maximum atomic E-state index is 14.7.